The molecule has 0 radical (unpaired) electrons. The van der Waals surface area contributed by atoms with Crippen LogP contribution >= 0.6 is 22.7 Å². The van der Waals surface area contributed by atoms with Crippen LogP contribution in [0.5, 0.6) is 0 Å². The summed E-state index contributed by atoms with van der Waals surface area (Å²) >= 11 is 3.69. The molecule has 4 nitrogen and oxygen atoms in total. The second-order valence-electron chi connectivity index (χ2n) is 39.4. The first-order valence-electron chi connectivity index (χ1n) is 51.3. The van der Waals surface area contributed by atoms with Gasteiger partial charge in [-0.05, 0) is 241 Å². The predicted octanol–water partition coefficient (Wildman–Crippen LogP) is 42.8. The van der Waals surface area contributed by atoms with E-state index in [1.165, 1.54) is 237 Å². The molecule has 0 aliphatic rings. The van der Waals surface area contributed by atoms with Gasteiger partial charge in [0.15, 0.2) is 5.58 Å². The summed E-state index contributed by atoms with van der Waals surface area (Å²) < 4.78 is 32.1. The van der Waals surface area contributed by atoms with Gasteiger partial charge in [-0.3, -0.25) is 0 Å². The molecule has 33 rings (SSSR count). The van der Waals surface area contributed by atoms with Crippen LogP contribution in [0.15, 0.2) is 527 Å². The normalized spacial score (nSPS) is 12.0. The first kappa shape index (κ1) is 85.3. The molecule has 0 aliphatic carbocycles. The number of para-hydroxylation sites is 1. The Hall–Kier alpha value is -19.1. The molecule has 6 heteroatoms. The highest BCUT2D eigenvalue weighted by Gasteiger charge is 2.29. The molecule has 27 aromatic carbocycles. The van der Waals surface area contributed by atoms with Crippen LogP contribution in [0.4, 0.5) is 0 Å². The standard InChI is InChI=1S/C48H28O2.2C48H28OS/c1-2-13-30(14-3-1)43-35-17-6-8-19-37(35)44(38-20-9-7-18-36(38)43)31-22-24-32(25-23-31)45-47-39(34-16-10-11-21-41(34)49-47)28-40-46-33-15-5-4-12-29(33)26-27-42(46)50-48(40)45;1-2-13-31(14-3-1)43-34-16-6-8-18-36(34)44(37-19-9-7-17-35(37)43)32-24-22-30(23-25-32)39-28-40-45-33-15-5-4-12-29(33)26-27-41(45)49-47(40)48-46(39)38-20-10-11-21-42(38)50-48;1-2-13-31(14-3-1)43-34-16-6-8-18-36(34)44(37-19-9-7-17-35(37)43)32-24-22-30(23-25-32)39-28-42-46(38-20-10-11-21-41(38)50-42)47-45-33-15-5-4-12-29(33)26-27-40(45)49-48(39)47/h3*1-28H. The van der Waals surface area contributed by atoms with Crippen LogP contribution in [-0.2, 0) is 0 Å². The molecule has 150 heavy (non-hydrogen) atoms. The van der Waals surface area contributed by atoms with Gasteiger partial charge in [0.2, 0.25) is 0 Å². The molecular weight excluding hydrogens is 1860 g/mol. The lowest BCUT2D eigenvalue weighted by Crippen LogP contribution is -1.91. The maximum Gasteiger partial charge on any atom is 0.153 e. The average molecular weight is 1940 g/mol. The number of thiophene rings is 2. The van der Waals surface area contributed by atoms with Crippen molar-refractivity contribution in [3.05, 3.63) is 510 Å². The summed E-state index contributed by atoms with van der Waals surface area (Å²) in [5, 5.41) is 36.7. The number of hydrogen-bond acceptors (Lipinski definition) is 6. The van der Waals surface area contributed by atoms with Gasteiger partial charge in [0.25, 0.3) is 0 Å². The van der Waals surface area contributed by atoms with E-state index in [1.54, 1.807) is 0 Å². The lowest BCUT2D eigenvalue weighted by atomic mass is 9.85. The Morgan fingerprint density at radius 1 is 0.127 bits per heavy atom. The summed E-state index contributed by atoms with van der Waals surface area (Å²) in [6.07, 6.45) is 0. The van der Waals surface area contributed by atoms with Crippen molar-refractivity contribution in [2.24, 2.45) is 0 Å². The molecule has 0 spiro atoms. The van der Waals surface area contributed by atoms with Gasteiger partial charge < -0.3 is 17.7 Å². The van der Waals surface area contributed by atoms with Gasteiger partial charge in [-0.1, -0.05) is 455 Å². The van der Waals surface area contributed by atoms with Crippen molar-refractivity contribution in [3.63, 3.8) is 0 Å². The van der Waals surface area contributed by atoms with E-state index >= 15 is 0 Å². The maximum atomic E-state index is 6.86. The second kappa shape index (κ2) is 34.3. The predicted molar refractivity (Wildman–Crippen MR) is 641 cm³/mol. The van der Waals surface area contributed by atoms with E-state index in [9.17, 15) is 0 Å². The highest BCUT2D eigenvalue weighted by Crippen LogP contribution is 2.56. The minimum absolute atomic E-state index is 0.845. The van der Waals surface area contributed by atoms with Crippen molar-refractivity contribution < 1.29 is 17.7 Å². The fourth-order valence-corrected chi connectivity index (χ4v) is 27.2. The van der Waals surface area contributed by atoms with Crippen molar-refractivity contribution in [2.75, 3.05) is 0 Å². The Balaban J connectivity index is 0.000000101. The Labute approximate surface area is 868 Å². The summed E-state index contributed by atoms with van der Waals surface area (Å²) in [6, 6.07) is 184. The molecule has 696 valence electrons. The molecule has 0 unspecified atom stereocenters. The quantitative estimate of drug-likeness (QED) is 0.135. The minimum atomic E-state index is 0.845. The zero-order chi connectivity index (χ0) is 98.3. The van der Waals surface area contributed by atoms with Gasteiger partial charge in [0.1, 0.15) is 39.1 Å². The largest absolute Gasteiger partial charge is 0.455 e. The van der Waals surface area contributed by atoms with Crippen LogP contribution in [-0.4, -0.2) is 0 Å². The third kappa shape index (κ3) is 13.3. The zero-order valence-corrected chi connectivity index (χ0v) is 82.6. The Kier molecular flexibility index (Phi) is 19.5. The zero-order valence-electron chi connectivity index (χ0n) is 80.9. The van der Waals surface area contributed by atoms with Gasteiger partial charge in [0.05, 0.1) is 10.3 Å². The molecule has 0 saturated heterocycles. The summed E-state index contributed by atoms with van der Waals surface area (Å²) in [4.78, 5) is 0. The lowest BCUT2D eigenvalue weighted by molar-refractivity contribution is 0.658. The molecule has 0 fully saturated rings. The van der Waals surface area contributed by atoms with Crippen molar-refractivity contribution in [3.8, 4) is 100 Å². The van der Waals surface area contributed by atoms with E-state index in [0.29, 0.717) is 0 Å². The van der Waals surface area contributed by atoms with E-state index < -0.39 is 0 Å². The van der Waals surface area contributed by atoms with Gasteiger partial charge in [-0.2, -0.15) is 0 Å². The summed E-state index contributed by atoms with van der Waals surface area (Å²) in [5.74, 6) is 0. The Bertz CT molecular complexity index is 11300. The van der Waals surface area contributed by atoms with E-state index in [0.717, 1.165) is 88.5 Å². The third-order valence-corrected chi connectivity index (χ3v) is 33.6. The van der Waals surface area contributed by atoms with Gasteiger partial charge >= 0.3 is 0 Å². The Morgan fingerprint density at radius 2 is 0.407 bits per heavy atom. The lowest BCUT2D eigenvalue weighted by Gasteiger charge is -2.18. The number of rotatable bonds is 9. The molecule has 0 bridgehead atoms. The van der Waals surface area contributed by atoms with Crippen molar-refractivity contribution >= 4 is 248 Å². The van der Waals surface area contributed by atoms with Crippen molar-refractivity contribution in [1.82, 2.24) is 0 Å². The molecule has 0 N–H and O–H groups in total. The highest BCUT2D eigenvalue weighted by molar-refractivity contribution is 7.27. The average Bonchev–Trinajstić information content (AvgIpc) is 1.53. The molecular formula is C144H84O4S2. The summed E-state index contributed by atoms with van der Waals surface area (Å²) in [6.45, 7) is 0. The van der Waals surface area contributed by atoms with Crippen LogP contribution in [0.1, 0.15) is 0 Å². The van der Waals surface area contributed by atoms with E-state index in [-0.39, 0.29) is 0 Å². The molecule has 33 aromatic rings. The van der Waals surface area contributed by atoms with E-state index in [1.807, 2.05) is 34.8 Å². The van der Waals surface area contributed by atoms with Crippen LogP contribution < -0.4 is 0 Å². The van der Waals surface area contributed by atoms with Crippen molar-refractivity contribution in [2.45, 2.75) is 0 Å². The number of fused-ring (bicyclic) bond motifs is 32. The number of benzene rings is 27. The number of hydrogen-bond donors (Lipinski definition) is 0. The molecule has 0 saturated carbocycles. The smallest absolute Gasteiger partial charge is 0.153 e. The first-order valence-corrected chi connectivity index (χ1v) is 52.9. The molecule has 6 aromatic heterocycles. The first-order chi connectivity index (χ1) is 74.4. The van der Waals surface area contributed by atoms with Crippen LogP contribution in [0.25, 0.3) is 325 Å². The number of furan rings is 4. The molecule has 0 aliphatic heterocycles. The summed E-state index contributed by atoms with van der Waals surface area (Å²) in [7, 11) is 0. The monoisotopic (exact) mass is 1940 g/mol. The SMILES string of the molecule is c1ccc(-c2c3ccccc3c(-c3ccc(-c4c5oc6ccccc6c5cc5c4oc4ccc6ccccc6c45)cc3)c3ccccc23)cc1.c1ccc(-c2c3ccccc3c(-c3ccc(-c4cc5c(oc6ccc7ccccc7c65)c5sc6ccccc6c45)cc3)c3ccccc23)cc1.c1ccc(-c2c3ccccc3c(-c3ccc(-c4cc5sc6ccccc6c5c5c4oc4ccc6ccccc6c45)cc3)c3ccccc23)cc1. The molecule has 0 amide bonds. The van der Waals surface area contributed by atoms with Crippen LogP contribution in [0, 0.1) is 0 Å². The van der Waals surface area contributed by atoms with Gasteiger partial charge in [-0.25, -0.2) is 0 Å². The van der Waals surface area contributed by atoms with Crippen LogP contribution in [0.2, 0.25) is 0 Å². The second-order valence-corrected chi connectivity index (χ2v) is 41.6. The summed E-state index contributed by atoms with van der Waals surface area (Å²) in [5.41, 5.74) is 28.9. The van der Waals surface area contributed by atoms with E-state index in [4.69, 9.17) is 17.7 Å². The third-order valence-electron chi connectivity index (χ3n) is 31.4. The minimum Gasteiger partial charge on any atom is -0.455 e. The Morgan fingerprint density at radius 3 is 0.820 bits per heavy atom. The molecule has 0 atom stereocenters. The maximum absolute atomic E-state index is 6.86. The van der Waals surface area contributed by atoms with Gasteiger partial charge in [0, 0.05) is 84.3 Å². The fourth-order valence-electron chi connectivity index (χ4n) is 24.9. The topological polar surface area (TPSA) is 52.6 Å². The molecule has 6 heterocycles. The van der Waals surface area contributed by atoms with Crippen molar-refractivity contribution in [1.29, 1.82) is 0 Å². The highest BCUT2D eigenvalue weighted by atomic mass is 32.1. The fraction of sp³-hybridized carbons (Fsp3) is 0. The van der Waals surface area contributed by atoms with Crippen LogP contribution in [0.3, 0.4) is 0 Å². The van der Waals surface area contributed by atoms with Gasteiger partial charge in [-0.15, -0.1) is 22.7 Å². The van der Waals surface area contributed by atoms with E-state index in [2.05, 4.69) is 497 Å².